The van der Waals surface area contributed by atoms with Gasteiger partial charge in [0.1, 0.15) is 5.69 Å². The third kappa shape index (κ3) is 7.68. The molecule has 47 heavy (non-hydrogen) atoms. The number of pyridine rings is 1. The van der Waals surface area contributed by atoms with E-state index in [0.29, 0.717) is 84.7 Å². The van der Waals surface area contributed by atoms with Crippen LogP contribution in [0.5, 0.6) is 17.2 Å². The Kier molecular flexibility index (Phi) is 10.7. The highest BCUT2D eigenvalue weighted by molar-refractivity contribution is 5.84. The summed E-state index contributed by atoms with van der Waals surface area (Å²) in [5.74, 6) is 1.93. The number of hydrogen-bond acceptors (Lipinski definition) is 11. The van der Waals surface area contributed by atoms with Gasteiger partial charge in [-0.3, -0.25) is 19.4 Å². The molecule has 1 aliphatic rings. The van der Waals surface area contributed by atoms with Crippen molar-refractivity contribution in [2.45, 2.75) is 45.1 Å². The van der Waals surface area contributed by atoms with Crippen LogP contribution in [0, 0.1) is 0 Å². The van der Waals surface area contributed by atoms with Crippen LogP contribution in [0.25, 0.3) is 22.6 Å². The number of nitrogens with zero attached hydrogens (tertiary/aromatic N) is 3. The summed E-state index contributed by atoms with van der Waals surface area (Å²) >= 11 is 0. The maximum absolute atomic E-state index is 13.5. The Hall–Kier alpha value is -5.46. The number of carbonyl (C=O) groups excluding carboxylic acids is 2. The summed E-state index contributed by atoms with van der Waals surface area (Å²) < 4.78 is 22.3. The fourth-order valence-corrected chi connectivity index (χ4v) is 5.68. The maximum atomic E-state index is 13.5. The van der Waals surface area contributed by atoms with Crippen LogP contribution in [0.3, 0.4) is 0 Å². The first-order chi connectivity index (χ1) is 22.8. The lowest BCUT2D eigenvalue weighted by atomic mass is 9.95. The average molecular weight is 643 g/mol. The quantitative estimate of drug-likeness (QED) is 0.181. The third-order valence-corrected chi connectivity index (χ3v) is 7.84. The van der Waals surface area contributed by atoms with E-state index in [9.17, 15) is 14.4 Å². The second-order valence-electron chi connectivity index (χ2n) is 11.0. The molecule has 2 aromatic carbocycles. The number of methoxy groups -OCH3 is 3. The van der Waals surface area contributed by atoms with Crippen LogP contribution in [0.2, 0.25) is 0 Å². The van der Waals surface area contributed by atoms with Crippen molar-refractivity contribution in [3.63, 3.8) is 0 Å². The second kappa shape index (κ2) is 15.2. The minimum Gasteiger partial charge on any atom is -0.493 e. The molecule has 5 rings (SSSR count). The topological polar surface area (TPSA) is 167 Å². The van der Waals surface area contributed by atoms with E-state index < -0.39 is 6.04 Å². The second-order valence-corrected chi connectivity index (χ2v) is 11.0. The highest BCUT2D eigenvalue weighted by atomic mass is 16.5. The molecule has 4 aromatic rings. The number of anilines is 1. The van der Waals surface area contributed by atoms with E-state index in [1.807, 2.05) is 18.2 Å². The summed E-state index contributed by atoms with van der Waals surface area (Å²) in [5, 5.41) is 13.0. The highest BCUT2D eigenvalue weighted by Crippen LogP contribution is 2.50. The molecule has 0 aliphatic heterocycles. The van der Waals surface area contributed by atoms with Crippen LogP contribution in [0.1, 0.15) is 49.2 Å². The SMILES string of the molecule is COc1cc2c(c(OC)c1OC)-c1ccc(NCCCC(=O)NCCc3nc(-c4ccccn4)no3)c(=O)cc1[C@@H](NC(C)=O)CC2. The van der Waals surface area contributed by atoms with E-state index in [0.717, 1.165) is 16.7 Å². The fraction of sp³-hybridized carbons (Fsp3) is 0.353. The van der Waals surface area contributed by atoms with Gasteiger partial charge >= 0.3 is 0 Å². The summed E-state index contributed by atoms with van der Waals surface area (Å²) in [5.41, 5.74) is 3.89. The fourth-order valence-electron chi connectivity index (χ4n) is 5.68. The monoisotopic (exact) mass is 642 g/mol. The number of ether oxygens (including phenoxy) is 3. The summed E-state index contributed by atoms with van der Waals surface area (Å²) in [4.78, 5) is 46.6. The van der Waals surface area contributed by atoms with Gasteiger partial charge in [-0.05, 0) is 66.3 Å². The molecule has 2 aromatic heterocycles. The molecule has 2 amide bonds. The van der Waals surface area contributed by atoms with Gasteiger partial charge in [0.2, 0.25) is 34.7 Å². The largest absolute Gasteiger partial charge is 0.493 e. The van der Waals surface area contributed by atoms with E-state index in [-0.39, 0.29) is 23.7 Å². The normalized spacial score (nSPS) is 13.4. The average Bonchev–Trinajstić information content (AvgIpc) is 3.43. The molecule has 13 heteroatoms. The standard InChI is InChI=1S/C34H38N6O7/c1-20(41)38-24-12-10-21-18-28(44-2)32(45-3)33(46-4)31(21)22-11-13-25(27(42)19-23(22)24)35-16-7-9-29(43)37-17-14-30-39-34(40-47-30)26-8-5-6-15-36-26/h5-6,8,11,13,15,18-19,24H,7,9-10,12,14,16-17H2,1-4H3,(H,35,42)(H,37,43)(H,38,41)/t24-/m0/s1. The number of aryl methyl sites for hydroxylation is 1. The number of hydrogen-bond donors (Lipinski definition) is 3. The lowest BCUT2D eigenvalue weighted by Crippen LogP contribution is -2.26. The van der Waals surface area contributed by atoms with E-state index in [1.54, 1.807) is 51.8 Å². The van der Waals surface area contributed by atoms with Gasteiger partial charge in [-0.15, -0.1) is 0 Å². The number of carbonyl (C=O) groups is 2. The Balaban J connectivity index is 1.25. The number of benzene rings is 1. The smallest absolute Gasteiger partial charge is 0.228 e. The lowest BCUT2D eigenvalue weighted by molar-refractivity contribution is -0.121. The minimum atomic E-state index is -0.401. The molecule has 0 spiro atoms. The number of aromatic nitrogens is 3. The molecular formula is C34H38N6O7. The maximum Gasteiger partial charge on any atom is 0.228 e. The first kappa shape index (κ1) is 32.9. The molecule has 0 fully saturated rings. The van der Waals surface area contributed by atoms with Gasteiger partial charge in [0.25, 0.3) is 0 Å². The van der Waals surface area contributed by atoms with Gasteiger partial charge in [0, 0.05) is 44.6 Å². The van der Waals surface area contributed by atoms with Crippen molar-refractivity contribution in [3.8, 4) is 39.9 Å². The zero-order valence-electron chi connectivity index (χ0n) is 26.8. The molecule has 246 valence electrons. The molecule has 1 aliphatic carbocycles. The zero-order valence-corrected chi connectivity index (χ0v) is 26.8. The van der Waals surface area contributed by atoms with E-state index in [1.165, 1.54) is 6.92 Å². The third-order valence-electron chi connectivity index (χ3n) is 7.84. The zero-order chi connectivity index (χ0) is 33.3. The van der Waals surface area contributed by atoms with Crippen LogP contribution in [-0.2, 0) is 22.4 Å². The predicted octanol–water partition coefficient (Wildman–Crippen LogP) is 3.86. The molecule has 13 nitrogen and oxygen atoms in total. The molecule has 3 N–H and O–H groups in total. The van der Waals surface area contributed by atoms with Gasteiger partial charge in [-0.1, -0.05) is 17.3 Å². The molecule has 0 bridgehead atoms. The summed E-state index contributed by atoms with van der Waals surface area (Å²) in [7, 11) is 4.67. The number of rotatable bonds is 13. The van der Waals surface area contributed by atoms with Crippen LogP contribution in [0.15, 0.2) is 58.0 Å². The van der Waals surface area contributed by atoms with Crippen molar-refractivity contribution in [1.29, 1.82) is 0 Å². The van der Waals surface area contributed by atoms with E-state index in [4.69, 9.17) is 18.7 Å². The first-order valence-electron chi connectivity index (χ1n) is 15.3. The molecular weight excluding hydrogens is 604 g/mol. The number of fused-ring (bicyclic) bond motifs is 3. The first-order valence-corrected chi connectivity index (χ1v) is 15.3. The molecule has 0 saturated carbocycles. The Morgan fingerprint density at radius 2 is 1.85 bits per heavy atom. The lowest BCUT2D eigenvalue weighted by Gasteiger charge is -2.19. The number of amides is 2. The van der Waals surface area contributed by atoms with Crippen molar-refractivity contribution in [3.05, 3.63) is 75.9 Å². The van der Waals surface area contributed by atoms with Crippen molar-refractivity contribution in [2.75, 3.05) is 39.7 Å². The van der Waals surface area contributed by atoms with Gasteiger partial charge < -0.3 is 34.7 Å². The van der Waals surface area contributed by atoms with Crippen molar-refractivity contribution < 1.29 is 28.3 Å². The van der Waals surface area contributed by atoms with Crippen LogP contribution in [0.4, 0.5) is 5.69 Å². The summed E-state index contributed by atoms with van der Waals surface area (Å²) in [6, 6.07) is 12.1. The van der Waals surface area contributed by atoms with Gasteiger partial charge in [0.05, 0.1) is 33.1 Å². The van der Waals surface area contributed by atoms with Gasteiger partial charge in [-0.25, -0.2) is 0 Å². The molecule has 0 radical (unpaired) electrons. The predicted molar refractivity (Wildman–Crippen MR) is 175 cm³/mol. The van der Waals surface area contributed by atoms with Crippen molar-refractivity contribution in [1.82, 2.24) is 25.8 Å². The number of nitrogens with one attached hydrogen (secondary N) is 3. The van der Waals surface area contributed by atoms with Gasteiger partial charge in [-0.2, -0.15) is 4.98 Å². The highest BCUT2D eigenvalue weighted by Gasteiger charge is 2.29. The summed E-state index contributed by atoms with van der Waals surface area (Å²) in [6.07, 6.45) is 3.97. The molecule has 0 saturated heterocycles. The van der Waals surface area contributed by atoms with E-state index in [2.05, 4.69) is 31.1 Å². The molecule has 0 unspecified atom stereocenters. The molecule has 2 heterocycles. The Labute approximate surface area is 272 Å². The van der Waals surface area contributed by atoms with Gasteiger partial charge in [0.15, 0.2) is 11.5 Å². The Morgan fingerprint density at radius 1 is 1.02 bits per heavy atom. The van der Waals surface area contributed by atoms with Crippen molar-refractivity contribution >= 4 is 17.5 Å². The van der Waals surface area contributed by atoms with E-state index >= 15 is 0 Å². The minimum absolute atomic E-state index is 0.129. The Morgan fingerprint density at radius 3 is 2.57 bits per heavy atom. The van der Waals surface area contributed by atoms with Crippen molar-refractivity contribution in [2.24, 2.45) is 0 Å². The molecule has 1 atom stereocenters. The van der Waals surface area contributed by atoms with Crippen LogP contribution >= 0.6 is 0 Å². The Bertz CT molecular complexity index is 1790. The van der Waals surface area contributed by atoms with Crippen LogP contribution in [-0.4, -0.2) is 61.4 Å². The van der Waals surface area contributed by atoms with Crippen LogP contribution < -0.4 is 35.6 Å². The summed E-state index contributed by atoms with van der Waals surface area (Å²) in [6.45, 7) is 2.20.